The summed E-state index contributed by atoms with van der Waals surface area (Å²) < 4.78 is 5.43. The third-order valence-corrected chi connectivity index (χ3v) is 4.21. The molecule has 1 heterocycles. The van der Waals surface area contributed by atoms with Crippen molar-refractivity contribution in [1.82, 2.24) is 0 Å². The first-order valence-electron chi connectivity index (χ1n) is 7.60. The Morgan fingerprint density at radius 2 is 2.05 bits per heavy atom. The second-order valence-electron chi connectivity index (χ2n) is 5.61. The normalized spacial score (nSPS) is 28.2. The smallest absolute Gasteiger partial charge is 0.310 e. The Bertz CT molecular complexity index is 568. The molecule has 0 radical (unpaired) electrons. The molecular weight excluding hydrogens is 260 g/mol. The van der Waals surface area contributed by atoms with Gasteiger partial charge in [0.2, 0.25) is 0 Å². The molecule has 21 heavy (non-hydrogen) atoms. The van der Waals surface area contributed by atoms with E-state index in [1.807, 2.05) is 36.4 Å². The summed E-state index contributed by atoms with van der Waals surface area (Å²) in [5.41, 5.74) is 1.18. The van der Waals surface area contributed by atoms with Crippen molar-refractivity contribution in [2.24, 2.45) is 11.8 Å². The maximum Gasteiger partial charge on any atom is 0.310 e. The Morgan fingerprint density at radius 3 is 2.90 bits per heavy atom. The lowest BCUT2D eigenvalue weighted by atomic mass is 9.82. The van der Waals surface area contributed by atoms with E-state index in [1.54, 1.807) is 0 Å². The molecule has 0 amide bonds. The fourth-order valence-corrected chi connectivity index (χ4v) is 3.08. The van der Waals surface area contributed by atoms with Crippen LogP contribution in [-0.4, -0.2) is 12.1 Å². The summed E-state index contributed by atoms with van der Waals surface area (Å²) >= 11 is 0. The number of hydrogen-bond acceptors (Lipinski definition) is 2. The van der Waals surface area contributed by atoms with Gasteiger partial charge in [-0.1, -0.05) is 60.7 Å². The highest BCUT2D eigenvalue weighted by atomic mass is 16.6. The Balaban J connectivity index is 1.55. The molecule has 0 unspecified atom stereocenters. The summed E-state index contributed by atoms with van der Waals surface area (Å²) in [4.78, 5) is 11.9. The maximum atomic E-state index is 11.9. The van der Waals surface area contributed by atoms with Gasteiger partial charge in [0, 0.05) is 5.92 Å². The van der Waals surface area contributed by atoms with E-state index in [9.17, 15) is 4.79 Å². The van der Waals surface area contributed by atoms with Crippen LogP contribution in [0.25, 0.3) is 6.08 Å². The molecule has 0 bridgehead atoms. The number of ether oxygens (including phenoxy) is 1. The lowest BCUT2D eigenvalue weighted by Crippen LogP contribution is -2.21. The second-order valence-corrected chi connectivity index (χ2v) is 5.61. The van der Waals surface area contributed by atoms with Crippen LogP contribution in [0.5, 0.6) is 0 Å². The van der Waals surface area contributed by atoms with Gasteiger partial charge in [0.05, 0.1) is 5.92 Å². The average Bonchev–Trinajstić information content (AvgIpc) is 2.84. The lowest BCUT2D eigenvalue weighted by molar-refractivity contribution is -0.142. The minimum absolute atomic E-state index is 0.0181. The monoisotopic (exact) mass is 280 g/mol. The molecule has 3 rings (SSSR count). The van der Waals surface area contributed by atoms with Crippen LogP contribution in [0.2, 0.25) is 0 Å². The van der Waals surface area contributed by atoms with Crippen LogP contribution in [0.3, 0.4) is 0 Å². The minimum Gasteiger partial charge on any atom is -0.458 e. The molecule has 1 aromatic carbocycles. The summed E-state index contributed by atoms with van der Waals surface area (Å²) in [7, 11) is 0. The molecule has 1 saturated heterocycles. The van der Waals surface area contributed by atoms with Crippen molar-refractivity contribution in [3.05, 3.63) is 66.3 Å². The van der Waals surface area contributed by atoms with Crippen LogP contribution >= 0.6 is 0 Å². The molecule has 0 aromatic heterocycles. The zero-order chi connectivity index (χ0) is 14.5. The molecule has 1 fully saturated rings. The average molecular weight is 280 g/mol. The van der Waals surface area contributed by atoms with E-state index in [0.29, 0.717) is 5.92 Å². The minimum atomic E-state index is -0.0340. The highest BCUT2D eigenvalue weighted by molar-refractivity contribution is 5.76. The summed E-state index contributed by atoms with van der Waals surface area (Å²) in [5, 5.41) is 0. The largest absolute Gasteiger partial charge is 0.458 e. The van der Waals surface area contributed by atoms with Crippen LogP contribution in [0.4, 0.5) is 0 Å². The third-order valence-electron chi connectivity index (χ3n) is 4.21. The zero-order valence-corrected chi connectivity index (χ0v) is 12.0. The van der Waals surface area contributed by atoms with Crippen molar-refractivity contribution >= 4 is 12.0 Å². The Morgan fingerprint density at radius 1 is 1.19 bits per heavy atom. The number of rotatable bonds is 4. The van der Waals surface area contributed by atoms with Gasteiger partial charge < -0.3 is 4.74 Å². The third kappa shape index (κ3) is 3.33. The molecule has 2 heteroatoms. The Labute approximate surface area is 125 Å². The molecule has 1 aromatic rings. The van der Waals surface area contributed by atoms with Gasteiger partial charge in [-0.05, 0) is 30.9 Å². The van der Waals surface area contributed by atoms with Gasteiger partial charge >= 0.3 is 5.97 Å². The van der Waals surface area contributed by atoms with E-state index in [4.69, 9.17) is 4.74 Å². The first-order chi connectivity index (χ1) is 10.3. The molecule has 108 valence electrons. The van der Waals surface area contributed by atoms with Gasteiger partial charge in [-0.2, -0.15) is 0 Å². The summed E-state index contributed by atoms with van der Waals surface area (Å²) in [6, 6.07) is 10.2. The van der Waals surface area contributed by atoms with E-state index in [1.165, 1.54) is 5.56 Å². The van der Waals surface area contributed by atoms with Crippen molar-refractivity contribution in [3.63, 3.8) is 0 Å². The molecule has 2 nitrogen and oxygen atoms in total. The van der Waals surface area contributed by atoms with E-state index in [-0.39, 0.29) is 18.0 Å². The van der Waals surface area contributed by atoms with Gasteiger partial charge in [-0.15, -0.1) is 0 Å². The zero-order valence-electron chi connectivity index (χ0n) is 12.0. The van der Waals surface area contributed by atoms with Gasteiger partial charge in [-0.3, -0.25) is 4.79 Å². The van der Waals surface area contributed by atoms with Crippen molar-refractivity contribution in [1.29, 1.82) is 0 Å². The van der Waals surface area contributed by atoms with E-state index >= 15 is 0 Å². The first-order valence-corrected chi connectivity index (χ1v) is 7.60. The van der Waals surface area contributed by atoms with E-state index in [2.05, 4.69) is 30.4 Å². The number of fused-ring (bicyclic) bond motifs is 1. The maximum absolute atomic E-state index is 11.9. The number of esters is 1. The summed E-state index contributed by atoms with van der Waals surface area (Å²) in [5.74, 6) is 0.361. The number of allylic oxidation sites excluding steroid dienone is 4. The van der Waals surface area contributed by atoms with Crippen LogP contribution in [-0.2, 0) is 9.53 Å². The van der Waals surface area contributed by atoms with Crippen LogP contribution in [0.1, 0.15) is 24.8 Å². The second kappa shape index (κ2) is 6.57. The molecule has 1 aliphatic heterocycles. The highest BCUT2D eigenvalue weighted by Crippen LogP contribution is 2.37. The van der Waals surface area contributed by atoms with Crippen molar-refractivity contribution in [2.75, 3.05) is 0 Å². The molecule has 2 aliphatic rings. The number of benzene rings is 1. The summed E-state index contributed by atoms with van der Waals surface area (Å²) in [6.07, 6.45) is 15.3. The number of carbonyl (C=O) groups is 1. The Hall–Kier alpha value is -2.09. The molecule has 0 N–H and O–H groups in total. The van der Waals surface area contributed by atoms with E-state index in [0.717, 1.165) is 19.3 Å². The van der Waals surface area contributed by atoms with Crippen molar-refractivity contribution < 1.29 is 9.53 Å². The predicted molar refractivity (Wildman–Crippen MR) is 84.5 cm³/mol. The SMILES string of the molecule is O=C1O[C@@H]2C=CCC[C@@H]2[C@H]1C/C=C/C=C/c1ccccc1. The molecule has 3 atom stereocenters. The molecular formula is C19H20O2. The first kappa shape index (κ1) is 13.9. The molecule has 0 spiro atoms. The lowest BCUT2D eigenvalue weighted by Gasteiger charge is -2.20. The topological polar surface area (TPSA) is 26.3 Å². The van der Waals surface area contributed by atoms with Crippen molar-refractivity contribution in [3.8, 4) is 0 Å². The van der Waals surface area contributed by atoms with E-state index < -0.39 is 0 Å². The molecule has 1 aliphatic carbocycles. The molecule has 0 saturated carbocycles. The van der Waals surface area contributed by atoms with Crippen LogP contribution in [0, 0.1) is 11.8 Å². The summed E-state index contributed by atoms with van der Waals surface area (Å²) in [6.45, 7) is 0. The van der Waals surface area contributed by atoms with Gasteiger partial charge in [0.1, 0.15) is 6.10 Å². The predicted octanol–water partition coefficient (Wildman–Crippen LogP) is 4.15. The highest BCUT2D eigenvalue weighted by Gasteiger charge is 2.42. The van der Waals surface area contributed by atoms with Gasteiger partial charge in [0.25, 0.3) is 0 Å². The standard InChI is InChI=1S/C19H20O2/c20-19-17(16-12-7-8-14-18(16)21-19)13-6-2-5-11-15-9-3-1-4-10-15/h1-6,8-11,14,16-18H,7,12-13H2/b6-2+,11-5+/t16-,17-,18-/m1/s1. The fourth-order valence-electron chi connectivity index (χ4n) is 3.08. The van der Waals surface area contributed by atoms with Crippen molar-refractivity contribution in [2.45, 2.75) is 25.4 Å². The van der Waals surface area contributed by atoms with Gasteiger partial charge in [-0.25, -0.2) is 0 Å². The number of hydrogen-bond donors (Lipinski definition) is 0. The van der Waals surface area contributed by atoms with Gasteiger partial charge in [0.15, 0.2) is 0 Å². The Kier molecular flexibility index (Phi) is 4.34. The van der Waals surface area contributed by atoms with Crippen LogP contribution < -0.4 is 0 Å². The quantitative estimate of drug-likeness (QED) is 0.470. The van der Waals surface area contributed by atoms with Crippen LogP contribution in [0.15, 0.2) is 60.7 Å². The fraction of sp³-hybridized carbons (Fsp3) is 0.316. The number of carbonyl (C=O) groups excluding carboxylic acids is 1.